The van der Waals surface area contributed by atoms with Crippen molar-refractivity contribution in [3.05, 3.63) is 68.8 Å². The minimum absolute atomic E-state index is 0.0337. The number of fused-ring (bicyclic) bond motifs is 2. The van der Waals surface area contributed by atoms with Crippen molar-refractivity contribution in [3.8, 4) is 11.1 Å². The van der Waals surface area contributed by atoms with Crippen molar-refractivity contribution in [1.82, 2.24) is 9.47 Å². The fourth-order valence-electron chi connectivity index (χ4n) is 4.61. The first-order chi connectivity index (χ1) is 14.3. The van der Waals surface area contributed by atoms with Crippen molar-refractivity contribution in [1.29, 1.82) is 0 Å². The highest BCUT2D eigenvalue weighted by atomic mass is 19.1. The number of alkyl halides is 1. The fourth-order valence-corrected chi connectivity index (χ4v) is 4.61. The lowest BCUT2D eigenvalue weighted by molar-refractivity contribution is 0.0694. The molecule has 2 heterocycles. The van der Waals surface area contributed by atoms with Gasteiger partial charge in [-0.05, 0) is 48.4 Å². The highest BCUT2D eigenvalue weighted by Gasteiger charge is 2.40. The van der Waals surface area contributed by atoms with Gasteiger partial charge in [0, 0.05) is 36.7 Å². The quantitative estimate of drug-likeness (QED) is 0.708. The normalized spacial score (nSPS) is 20.5. The van der Waals surface area contributed by atoms with E-state index >= 15 is 4.39 Å². The van der Waals surface area contributed by atoms with Gasteiger partial charge in [-0.3, -0.25) is 9.69 Å². The second-order valence-electron chi connectivity index (χ2n) is 8.31. The molecule has 1 N–H and O–H groups in total. The van der Waals surface area contributed by atoms with Crippen molar-refractivity contribution in [3.63, 3.8) is 0 Å². The van der Waals surface area contributed by atoms with Crippen LogP contribution in [0.4, 0.5) is 8.78 Å². The summed E-state index contributed by atoms with van der Waals surface area (Å²) in [5.74, 6) is -2.00. The highest BCUT2D eigenvalue weighted by Crippen LogP contribution is 2.42. The summed E-state index contributed by atoms with van der Waals surface area (Å²) in [5.41, 5.74) is 3.03. The van der Waals surface area contributed by atoms with E-state index in [0.29, 0.717) is 22.2 Å². The molecule has 5 rings (SSSR count). The third-order valence-corrected chi connectivity index (χ3v) is 6.16. The van der Waals surface area contributed by atoms with Gasteiger partial charge in [0.05, 0.1) is 11.6 Å². The monoisotopic (exact) mass is 410 g/mol. The molecule has 2 aromatic carbocycles. The number of nitrogens with zero attached hydrogens (tertiary/aromatic N) is 2. The number of aryl methyl sites for hydroxylation is 1. The lowest BCUT2D eigenvalue weighted by Crippen LogP contribution is -2.20. The minimum atomic E-state index is -1.41. The molecule has 0 saturated heterocycles. The van der Waals surface area contributed by atoms with E-state index < -0.39 is 35.0 Å². The SMILES string of the molecule is Cc1c(-c2ccc3c(c2)CN(C)C3)c(F)cc2c(=O)c(C(=O)O)cn(C3CC3F)c12. The standard InChI is InChI=1S/C23H20F2N2O3/c1-11-20(12-3-4-13-8-26(2)9-14(13)5-12)18(25)6-15-21(11)27(19-7-17(19)24)10-16(22(15)28)23(29)30/h3-6,10,17,19H,7-9H2,1-2H3,(H,29,30). The summed E-state index contributed by atoms with van der Waals surface area (Å²) >= 11 is 0. The van der Waals surface area contributed by atoms with Crippen molar-refractivity contribution < 1.29 is 18.7 Å². The molecule has 0 radical (unpaired) electrons. The van der Waals surface area contributed by atoms with Crippen molar-refractivity contribution in [2.24, 2.45) is 0 Å². The van der Waals surface area contributed by atoms with Crippen LogP contribution in [0.25, 0.3) is 22.0 Å². The molecule has 1 aliphatic heterocycles. The van der Waals surface area contributed by atoms with Gasteiger partial charge >= 0.3 is 5.97 Å². The number of rotatable bonds is 3. The molecule has 2 atom stereocenters. The van der Waals surface area contributed by atoms with E-state index in [9.17, 15) is 19.1 Å². The van der Waals surface area contributed by atoms with Crippen LogP contribution >= 0.6 is 0 Å². The lowest BCUT2D eigenvalue weighted by atomic mass is 9.94. The summed E-state index contributed by atoms with van der Waals surface area (Å²) in [5, 5.41) is 9.36. The molecular formula is C23H20F2N2O3. The van der Waals surface area contributed by atoms with Gasteiger partial charge in [-0.15, -0.1) is 0 Å². The molecule has 0 spiro atoms. The third-order valence-electron chi connectivity index (χ3n) is 6.16. The summed E-state index contributed by atoms with van der Waals surface area (Å²) in [4.78, 5) is 26.4. The van der Waals surface area contributed by atoms with E-state index in [4.69, 9.17) is 0 Å². The molecule has 154 valence electrons. The van der Waals surface area contributed by atoms with Crippen LogP contribution < -0.4 is 5.43 Å². The summed E-state index contributed by atoms with van der Waals surface area (Å²) < 4.78 is 30.7. The van der Waals surface area contributed by atoms with E-state index in [2.05, 4.69) is 4.90 Å². The summed E-state index contributed by atoms with van der Waals surface area (Å²) in [6.45, 7) is 3.31. The zero-order valence-electron chi connectivity index (χ0n) is 16.6. The molecule has 3 aromatic rings. The van der Waals surface area contributed by atoms with Crippen LogP contribution in [0.1, 0.15) is 39.5 Å². The second kappa shape index (κ2) is 6.47. The van der Waals surface area contributed by atoms with Crippen LogP contribution in [0.3, 0.4) is 0 Å². The first-order valence-electron chi connectivity index (χ1n) is 9.82. The van der Waals surface area contributed by atoms with Crippen molar-refractivity contribution in [2.75, 3.05) is 7.05 Å². The average molecular weight is 410 g/mol. The van der Waals surface area contributed by atoms with Gasteiger partial charge in [-0.1, -0.05) is 12.1 Å². The van der Waals surface area contributed by atoms with Crippen LogP contribution in [-0.4, -0.2) is 33.8 Å². The number of carbonyl (C=O) groups is 1. The van der Waals surface area contributed by atoms with Gasteiger partial charge in [0.25, 0.3) is 0 Å². The number of aromatic carboxylic acids is 1. The number of benzene rings is 2. The largest absolute Gasteiger partial charge is 0.477 e. The molecule has 7 heteroatoms. The number of hydrogen-bond acceptors (Lipinski definition) is 3. The minimum Gasteiger partial charge on any atom is -0.477 e. The molecule has 2 aliphatic rings. The predicted octanol–water partition coefficient (Wildman–Crippen LogP) is 4.04. The van der Waals surface area contributed by atoms with Gasteiger partial charge in [-0.2, -0.15) is 0 Å². The van der Waals surface area contributed by atoms with Crippen LogP contribution in [0.15, 0.2) is 35.3 Å². The number of hydrogen-bond donors (Lipinski definition) is 1. The number of pyridine rings is 1. The van der Waals surface area contributed by atoms with Gasteiger partial charge in [0.1, 0.15) is 17.6 Å². The number of carboxylic acid groups (broad SMARTS) is 1. The number of aromatic nitrogens is 1. The van der Waals surface area contributed by atoms with Gasteiger partial charge < -0.3 is 9.67 Å². The summed E-state index contributed by atoms with van der Waals surface area (Å²) in [6.07, 6.45) is 0.332. The Morgan fingerprint density at radius 3 is 2.57 bits per heavy atom. The Morgan fingerprint density at radius 2 is 1.90 bits per heavy atom. The van der Waals surface area contributed by atoms with Gasteiger partial charge in [-0.25, -0.2) is 13.6 Å². The van der Waals surface area contributed by atoms with Gasteiger partial charge in [0.2, 0.25) is 5.43 Å². The first-order valence-corrected chi connectivity index (χ1v) is 9.82. The van der Waals surface area contributed by atoms with Crippen LogP contribution in [-0.2, 0) is 13.1 Å². The fraction of sp³-hybridized carbons (Fsp3) is 0.304. The van der Waals surface area contributed by atoms with E-state index in [1.807, 2.05) is 25.2 Å². The Kier molecular flexibility index (Phi) is 4.08. The average Bonchev–Trinajstić information content (AvgIpc) is 3.28. The molecule has 1 saturated carbocycles. The van der Waals surface area contributed by atoms with E-state index in [1.165, 1.54) is 16.3 Å². The van der Waals surface area contributed by atoms with E-state index in [0.717, 1.165) is 24.7 Å². The molecular weight excluding hydrogens is 390 g/mol. The third kappa shape index (κ3) is 2.76. The Labute approximate surface area is 171 Å². The van der Waals surface area contributed by atoms with E-state index in [1.54, 1.807) is 6.92 Å². The number of carboxylic acids is 1. The Balaban J connectivity index is 1.80. The molecule has 0 amide bonds. The maximum Gasteiger partial charge on any atom is 0.341 e. The maximum atomic E-state index is 15.3. The smallest absolute Gasteiger partial charge is 0.341 e. The topological polar surface area (TPSA) is 62.5 Å². The molecule has 1 fully saturated rings. The molecule has 2 unspecified atom stereocenters. The Morgan fingerprint density at radius 1 is 1.20 bits per heavy atom. The van der Waals surface area contributed by atoms with Crippen molar-refractivity contribution in [2.45, 2.75) is 38.6 Å². The molecule has 5 nitrogen and oxygen atoms in total. The van der Waals surface area contributed by atoms with Crippen LogP contribution in [0.5, 0.6) is 0 Å². The van der Waals surface area contributed by atoms with E-state index in [-0.39, 0.29) is 11.8 Å². The summed E-state index contributed by atoms with van der Waals surface area (Å²) in [7, 11) is 2.02. The molecule has 30 heavy (non-hydrogen) atoms. The number of halogens is 2. The molecule has 1 aromatic heterocycles. The maximum absolute atomic E-state index is 15.3. The first kappa shape index (κ1) is 18.9. The van der Waals surface area contributed by atoms with Crippen LogP contribution in [0.2, 0.25) is 0 Å². The molecule has 1 aliphatic carbocycles. The lowest BCUT2D eigenvalue weighted by Gasteiger charge is -2.18. The zero-order valence-corrected chi connectivity index (χ0v) is 16.6. The second-order valence-corrected chi connectivity index (χ2v) is 8.31. The molecule has 0 bridgehead atoms. The Bertz CT molecular complexity index is 1300. The predicted molar refractivity (Wildman–Crippen MR) is 109 cm³/mol. The Hall–Kier alpha value is -3.06. The van der Waals surface area contributed by atoms with Crippen molar-refractivity contribution >= 4 is 16.9 Å². The highest BCUT2D eigenvalue weighted by molar-refractivity contribution is 5.96. The zero-order chi connectivity index (χ0) is 21.3. The summed E-state index contributed by atoms with van der Waals surface area (Å²) in [6, 6.07) is 6.35. The van der Waals surface area contributed by atoms with Gasteiger partial charge in [0.15, 0.2) is 0 Å². The van der Waals surface area contributed by atoms with Crippen LogP contribution in [0, 0.1) is 12.7 Å².